The fraction of sp³-hybridized carbons (Fsp3) is 0.467. The highest BCUT2D eigenvalue weighted by atomic mass is 16.5. The van der Waals surface area contributed by atoms with Crippen LogP contribution >= 0.6 is 0 Å². The number of anilines is 2. The van der Waals surface area contributed by atoms with Gasteiger partial charge in [-0.05, 0) is 31.4 Å². The molecule has 0 bridgehead atoms. The smallest absolute Gasteiger partial charge is 0.265 e. The largest absolute Gasteiger partial charge is 0.481 e. The zero-order valence-electron chi connectivity index (χ0n) is 11.5. The summed E-state index contributed by atoms with van der Waals surface area (Å²) in [5.74, 6) is 0.883. The molecule has 0 radical (unpaired) electrons. The summed E-state index contributed by atoms with van der Waals surface area (Å²) in [4.78, 5) is 25.3. The Hall–Kier alpha value is -2.04. The van der Waals surface area contributed by atoms with Crippen LogP contribution in [-0.2, 0) is 9.59 Å². The van der Waals surface area contributed by atoms with E-state index in [1.165, 1.54) is 0 Å². The third kappa shape index (κ3) is 2.48. The molecule has 1 heterocycles. The highest BCUT2D eigenvalue weighted by Crippen LogP contribution is 2.36. The van der Waals surface area contributed by atoms with E-state index in [0.29, 0.717) is 12.3 Å². The third-order valence-corrected chi connectivity index (χ3v) is 3.57. The van der Waals surface area contributed by atoms with Gasteiger partial charge in [-0.25, -0.2) is 0 Å². The Morgan fingerprint density at radius 3 is 2.95 bits per heavy atom. The molecule has 1 aromatic carbocycles. The maximum Gasteiger partial charge on any atom is 0.265 e. The van der Waals surface area contributed by atoms with Crippen molar-refractivity contribution in [3.63, 3.8) is 0 Å². The molecule has 106 valence electrons. The number of fused-ring (bicyclic) bond motifs is 1. The van der Waals surface area contributed by atoms with Gasteiger partial charge in [-0.1, -0.05) is 6.92 Å². The molecule has 0 atom stereocenters. The number of rotatable bonds is 4. The lowest BCUT2D eigenvalue weighted by Crippen LogP contribution is -2.39. The predicted octanol–water partition coefficient (Wildman–Crippen LogP) is 2.17. The van der Waals surface area contributed by atoms with E-state index in [0.717, 1.165) is 30.6 Å². The fourth-order valence-electron chi connectivity index (χ4n) is 2.34. The van der Waals surface area contributed by atoms with Crippen LogP contribution in [0.2, 0.25) is 0 Å². The van der Waals surface area contributed by atoms with Crippen molar-refractivity contribution in [3.8, 4) is 5.75 Å². The van der Waals surface area contributed by atoms with Gasteiger partial charge in [0.15, 0.2) is 6.61 Å². The van der Waals surface area contributed by atoms with E-state index in [4.69, 9.17) is 4.74 Å². The van der Waals surface area contributed by atoms with E-state index < -0.39 is 0 Å². The molecule has 0 unspecified atom stereocenters. The van der Waals surface area contributed by atoms with Gasteiger partial charge in [-0.15, -0.1) is 0 Å². The first-order chi connectivity index (χ1) is 9.69. The van der Waals surface area contributed by atoms with Crippen molar-refractivity contribution in [3.05, 3.63) is 18.2 Å². The number of carbonyl (C=O) groups is 2. The second-order valence-corrected chi connectivity index (χ2v) is 5.28. The fourth-order valence-corrected chi connectivity index (χ4v) is 2.34. The zero-order chi connectivity index (χ0) is 14.1. The van der Waals surface area contributed by atoms with Gasteiger partial charge in [0.05, 0.1) is 5.69 Å². The number of nitrogens with one attached hydrogen (secondary N) is 1. The second kappa shape index (κ2) is 5.15. The number of nitrogens with zero attached hydrogens (tertiary/aromatic N) is 1. The number of ether oxygens (including phenoxy) is 1. The molecule has 1 fully saturated rings. The normalized spacial score (nSPS) is 17.4. The van der Waals surface area contributed by atoms with Crippen LogP contribution in [0.25, 0.3) is 0 Å². The van der Waals surface area contributed by atoms with E-state index in [2.05, 4.69) is 5.32 Å². The number of amides is 2. The zero-order valence-corrected chi connectivity index (χ0v) is 11.5. The lowest BCUT2D eigenvalue weighted by atomic mass is 10.2. The second-order valence-electron chi connectivity index (χ2n) is 5.28. The van der Waals surface area contributed by atoms with E-state index in [-0.39, 0.29) is 24.3 Å². The SMILES string of the molecule is CCCN1C(=O)COc2cc(NC(=O)C3CC3)ccc21. The highest BCUT2D eigenvalue weighted by molar-refractivity contribution is 5.99. The average molecular weight is 274 g/mol. The molecule has 1 aliphatic heterocycles. The topological polar surface area (TPSA) is 58.6 Å². The van der Waals surface area contributed by atoms with Crippen molar-refractivity contribution in [1.29, 1.82) is 0 Å². The van der Waals surface area contributed by atoms with Gasteiger partial charge in [0.25, 0.3) is 5.91 Å². The monoisotopic (exact) mass is 274 g/mol. The Bertz CT molecular complexity index is 552. The summed E-state index contributed by atoms with van der Waals surface area (Å²) in [7, 11) is 0. The first-order valence-electron chi connectivity index (χ1n) is 7.07. The van der Waals surface area contributed by atoms with Crippen LogP contribution in [0.5, 0.6) is 5.75 Å². The maximum absolute atomic E-state index is 11.8. The molecule has 1 N–H and O–H groups in total. The summed E-state index contributed by atoms with van der Waals surface area (Å²) in [6, 6.07) is 5.46. The van der Waals surface area contributed by atoms with Gasteiger partial charge in [-0.2, -0.15) is 0 Å². The van der Waals surface area contributed by atoms with E-state index in [1.54, 1.807) is 11.0 Å². The Labute approximate surface area is 117 Å². The van der Waals surface area contributed by atoms with Crippen molar-refractivity contribution in [1.82, 2.24) is 0 Å². The predicted molar refractivity (Wildman–Crippen MR) is 75.9 cm³/mol. The number of hydrogen-bond donors (Lipinski definition) is 1. The van der Waals surface area contributed by atoms with Crippen molar-refractivity contribution >= 4 is 23.2 Å². The number of benzene rings is 1. The van der Waals surface area contributed by atoms with Gasteiger partial charge in [-0.3, -0.25) is 9.59 Å². The quantitative estimate of drug-likeness (QED) is 0.915. The van der Waals surface area contributed by atoms with Gasteiger partial charge in [0.2, 0.25) is 5.91 Å². The van der Waals surface area contributed by atoms with Gasteiger partial charge in [0.1, 0.15) is 5.75 Å². The molecule has 5 nitrogen and oxygen atoms in total. The molecule has 0 aromatic heterocycles. The maximum atomic E-state index is 11.8. The average Bonchev–Trinajstić information content (AvgIpc) is 3.26. The highest BCUT2D eigenvalue weighted by Gasteiger charge is 2.30. The van der Waals surface area contributed by atoms with Crippen LogP contribution in [0.3, 0.4) is 0 Å². The van der Waals surface area contributed by atoms with E-state index >= 15 is 0 Å². The Kier molecular flexibility index (Phi) is 3.34. The van der Waals surface area contributed by atoms with Crippen LogP contribution in [0.1, 0.15) is 26.2 Å². The lowest BCUT2D eigenvalue weighted by molar-refractivity contribution is -0.121. The van der Waals surface area contributed by atoms with Crippen molar-refractivity contribution in [2.45, 2.75) is 26.2 Å². The van der Waals surface area contributed by atoms with E-state index in [9.17, 15) is 9.59 Å². The molecule has 2 amide bonds. The van der Waals surface area contributed by atoms with Crippen LogP contribution in [0.4, 0.5) is 11.4 Å². The Morgan fingerprint density at radius 2 is 2.25 bits per heavy atom. The summed E-state index contributed by atoms with van der Waals surface area (Å²) < 4.78 is 5.47. The Balaban J connectivity index is 1.81. The van der Waals surface area contributed by atoms with Crippen LogP contribution < -0.4 is 15.0 Å². The summed E-state index contributed by atoms with van der Waals surface area (Å²) in [5.41, 5.74) is 1.51. The van der Waals surface area contributed by atoms with Gasteiger partial charge >= 0.3 is 0 Å². The summed E-state index contributed by atoms with van der Waals surface area (Å²) in [6.45, 7) is 2.78. The molecule has 2 aliphatic rings. The summed E-state index contributed by atoms with van der Waals surface area (Å²) in [6.07, 6.45) is 2.85. The van der Waals surface area contributed by atoms with Crippen LogP contribution in [0.15, 0.2) is 18.2 Å². The lowest BCUT2D eigenvalue weighted by Gasteiger charge is -2.29. The van der Waals surface area contributed by atoms with Gasteiger partial charge < -0.3 is 15.0 Å². The molecular weight excluding hydrogens is 256 g/mol. The molecule has 1 aromatic rings. The van der Waals surface area contributed by atoms with Crippen molar-refractivity contribution < 1.29 is 14.3 Å². The van der Waals surface area contributed by atoms with Crippen LogP contribution in [0, 0.1) is 5.92 Å². The van der Waals surface area contributed by atoms with Crippen LogP contribution in [-0.4, -0.2) is 25.0 Å². The molecular formula is C15H18N2O3. The van der Waals surface area contributed by atoms with Crippen molar-refractivity contribution in [2.75, 3.05) is 23.4 Å². The summed E-state index contributed by atoms with van der Waals surface area (Å²) >= 11 is 0. The minimum atomic E-state index is -0.0193. The number of carbonyl (C=O) groups excluding carboxylic acids is 2. The molecule has 0 saturated heterocycles. The minimum Gasteiger partial charge on any atom is -0.481 e. The summed E-state index contributed by atoms with van der Waals surface area (Å²) in [5, 5.41) is 2.89. The molecule has 1 aliphatic carbocycles. The minimum absolute atomic E-state index is 0.0193. The molecule has 20 heavy (non-hydrogen) atoms. The van der Waals surface area contributed by atoms with Gasteiger partial charge in [0, 0.05) is 24.2 Å². The van der Waals surface area contributed by atoms with E-state index in [1.807, 2.05) is 19.1 Å². The molecule has 1 saturated carbocycles. The van der Waals surface area contributed by atoms with Crippen molar-refractivity contribution in [2.24, 2.45) is 5.92 Å². The molecule has 5 heteroatoms. The first-order valence-corrected chi connectivity index (χ1v) is 7.07. The molecule has 3 rings (SSSR count). The number of hydrogen-bond acceptors (Lipinski definition) is 3. The Morgan fingerprint density at radius 1 is 1.45 bits per heavy atom. The standard InChI is InChI=1S/C15H18N2O3/c1-2-7-17-12-6-5-11(16-15(19)10-3-4-10)8-13(12)20-9-14(17)18/h5-6,8,10H,2-4,7,9H2,1H3,(H,16,19). The first kappa shape index (κ1) is 13.0. The third-order valence-electron chi connectivity index (χ3n) is 3.57. The molecule has 0 spiro atoms.